The summed E-state index contributed by atoms with van der Waals surface area (Å²) < 4.78 is 0. The third-order valence-corrected chi connectivity index (χ3v) is 6.84. The van der Waals surface area contributed by atoms with Gasteiger partial charge in [-0.15, -0.1) is 0 Å². The fourth-order valence-electron chi connectivity index (χ4n) is 4.50. The van der Waals surface area contributed by atoms with Gasteiger partial charge in [0.15, 0.2) is 0 Å². The molecule has 31 heavy (non-hydrogen) atoms. The molecule has 0 N–H and O–H groups in total. The largest absolute Gasteiger partial charge is 0.306 e. The summed E-state index contributed by atoms with van der Waals surface area (Å²) in [7, 11) is 4.21. The lowest BCUT2D eigenvalue weighted by molar-refractivity contribution is -0.134. The van der Waals surface area contributed by atoms with Crippen molar-refractivity contribution in [3.63, 3.8) is 0 Å². The van der Waals surface area contributed by atoms with Gasteiger partial charge in [0.25, 0.3) is 5.91 Å². The van der Waals surface area contributed by atoms with E-state index in [1.165, 1.54) is 5.56 Å². The van der Waals surface area contributed by atoms with Crippen LogP contribution in [-0.2, 0) is 4.79 Å². The highest BCUT2D eigenvalue weighted by atomic mass is 35.5. The number of carbonyl (C=O) groups is 1. The second-order valence-corrected chi connectivity index (χ2v) is 9.25. The van der Waals surface area contributed by atoms with E-state index in [0.717, 1.165) is 42.8 Å². The predicted molar refractivity (Wildman–Crippen MR) is 127 cm³/mol. The van der Waals surface area contributed by atoms with E-state index in [9.17, 15) is 4.79 Å². The Hall–Kier alpha value is -2.21. The number of nitrogens with zero attached hydrogens (tertiary/aromatic N) is 4. The minimum Gasteiger partial charge on any atom is -0.306 e. The van der Waals surface area contributed by atoms with Crippen LogP contribution in [0.2, 0.25) is 5.02 Å². The predicted octanol–water partition coefficient (Wildman–Crippen LogP) is 4.35. The van der Waals surface area contributed by atoms with E-state index in [0.29, 0.717) is 24.0 Å². The van der Waals surface area contributed by atoms with E-state index >= 15 is 0 Å². The average molecular weight is 439 g/mol. The van der Waals surface area contributed by atoms with Crippen LogP contribution in [-0.4, -0.2) is 66.2 Å². The number of likely N-dealkylation sites (N-methyl/N-ethyl adjacent to an activating group) is 1. The number of likely N-dealkylation sites (tertiary alicyclic amines) is 1. The topological polar surface area (TPSA) is 39.2 Å². The minimum absolute atomic E-state index is 0.0362. The molecule has 1 saturated heterocycles. The summed E-state index contributed by atoms with van der Waals surface area (Å²) in [6.45, 7) is 4.60. The van der Waals surface area contributed by atoms with E-state index in [1.54, 1.807) is 5.01 Å². The Balaban J connectivity index is 1.56. The Morgan fingerprint density at radius 3 is 2.48 bits per heavy atom. The van der Waals surface area contributed by atoms with Gasteiger partial charge in [-0.1, -0.05) is 59.6 Å². The molecule has 1 amide bonds. The van der Waals surface area contributed by atoms with Crippen molar-refractivity contribution < 1.29 is 4.79 Å². The molecular weight excluding hydrogens is 408 g/mol. The zero-order chi connectivity index (χ0) is 22.0. The zero-order valence-corrected chi connectivity index (χ0v) is 19.3. The van der Waals surface area contributed by atoms with Gasteiger partial charge in [0.2, 0.25) is 0 Å². The Morgan fingerprint density at radius 2 is 1.81 bits per heavy atom. The summed E-state index contributed by atoms with van der Waals surface area (Å²) in [5, 5.41) is 7.15. The summed E-state index contributed by atoms with van der Waals surface area (Å²) in [5.74, 6) is 0.0362. The smallest absolute Gasteiger partial charge is 0.257 e. The third kappa shape index (κ3) is 5.00. The van der Waals surface area contributed by atoms with Crippen molar-refractivity contribution in [2.75, 3.05) is 33.7 Å². The minimum atomic E-state index is -0.106. The molecule has 0 radical (unpaired) electrons. The van der Waals surface area contributed by atoms with E-state index in [-0.39, 0.29) is 11.9 Å². The van der Waals surface area contributed by atoms with Crippen LogP contribution in [0.4, 0.5) is 0 Å². The van der Waals surface area contributed by atoms with Crippen LogP contribution in [0.3, 0.4) is 0 Å². The second kappa shape index (κ2) is 9.51. The first-order valence-electron chi connectivity index (χ1n) is 11.0. The highest BCUT2D eigenvalue weighted by molar-refractivity contribution is 6.34. The van der Waals surface area contributed by atoms with Crippen molar-refractivity contribution in [2.45, 2.75) is 38.3 Å². The number of halogens is 1. The maximum atomic E-state index is 13.4. The lowest BCUT2D eigenvalue weighted by Crippen LogP contribution is -2.45. The first-order chi connectivity index (χ1) is 14.9. The summed E-state index contributed by atoms with van der Waals surface area (Å²) in [6.07, 6.45) is 2.85. The van der Waals surface area contributed by atoms with Gasteiger partial charge in [-0.3, -0.25) is 9.69 Å². The molecule has 2 heterocycles. The van der Waals surface area contributed by atoms with Gasteiger partial charge >= 0.3 is 0 Å². The van der Waals surface area contributed by atoms with Gasteiger partial charge in [-0.25, -0.2) is 5.01 Å². The SMILES string of the molecule is Cc1ccc(C2CC(c3ccccc3Cl)=NN2C(=O)CN(C)C2CCN(C)CC2)cc1. The van der Waals surface area contributed by atoms with Crippen molar-refractivity contribution in [1.29, 1.82) is 0 Å². The summed E-state index contributed by atoms with van der Waals surface area (Å²) in [5.41, 5.74) is 4.08. The monoisotopic (exact) mass is 438 g/mol. The van der Waals surface area contributed by atoms with Crippen molar-refractivity contribution in [2.24, 2.45) is 5.10 Å². The maximum absolute atomic E-state index is 13.4. The van der Waals surface area contributed by atoms with Crippen molar-refractivity contribution in [3.8, 4) is 0 Å². The number of hydrogen-bond donors (Lipinski definition) is 0. The van der Waals surface area contributed by atoms with Crippen LogP contribution in [0, 0.1) is 6.92 Å². The number of hydrazone groups is 1. The van der Waals surface area contributed by atoms with E-state index < -0.39 is 0 Å². The molecule has 0 aromatic heterocycles. The van der Waals surface area contributed by atoms with Crippen LogP contribution in [0.15, 0.2) is 53.6 Å². The Kier molecular flexibility index (Phi) is 6.75. The molecule has 0 bridgehead atoms. The van der Waals surface area contributed by atoms with Gasteiger partial charge in [0.1, 0.15) is 0 Å². The van der Waals surface area contributed by atoms with E-state index in [1.807, 2.05) is 24.3 Å². The Bertz CT molecular complexity index is 950. The average Bonchev–Trinajstić information content (AvgIpc) is 3.20. The van der Waals surface area contributed by atoms with Crippen molar-refractivity contribution in [1.82, 2.24) is 14.8 Å². The zero-order valence-electron chi connectivity index (χ0n) is 18.6. The molecule has 2 aliphatic rings. The number of benzene rings is 2. The van der Waals surface area contributed by atoms with Crippen molar-refractivity contribution in [3.05, 3.63) is 70.2 Å². The van der Waals surface area contributed by atoms with Gasteiger partial charge in [-0.05, 0) is 58.6 Å². The highest BCUT2D eigenvalue weighted by Gasteiger charge is 2.34. The summed E-state index contributed by atoms with van der Waals surface area (Å²) in [4.78, 5) is 18.0. The van der Waals surface area contributed by atoms with Crippen LogP contribution in [0.25, 0.3) is 0 Å². The second-order valence-electron chi connectivity index (χ2n) is 8.85. The van der Waals surface area contributed by atoms with Gasteiger partial charge in [0, 0.05) is 23.0 Å². The number of hydrogen-bond acceptors (Lipinski definition) is 4. The number of rotatable bonds is 5. The number of amides is 1. The summed E-state index contributed by atoms with van der Waals surface area (Å²) >= 11 is 6.45. The molecule has 0 spiro atoms. The molecular formula is C25H31ClN4O. The van der Waals surface area contributed by atoms with E-state index in [2.05, 4.69) is 55.1 Å². The molecule has 0 aliphatic carbocycles. The standard InChI is InChI=1S/C25H31ClN4O/c1-18-8-10-19(11-9-18)24-16-23(21-6-4-5-7-22(21)26)27-30(24)25(31)17-29(3)20-12-14-28(2)15-13-20/h4-11,20,24H,12-17H2,1-3H3. The number of aryl methyl sites for hydroxylation is 1. The molecule has 2 aromatic rings. The van der Waals surface area contributed by atoms with Crippen molar-refractivity contribution >= 4 is 23.2 Å². The number of piperidine rings is 1. The highest BCUT2D eigenvalue weighted by Crippen LogP contribution is 2.34. The summed E-state index contributed by atoms with van der Waals surface area (Å²) in [6, 6.07) is 16.5. The molecule has 2 aromatic carbocycles. The molecule has 1 unspecified atom stereocenters. The molecule has 2 aliphatic heterocycles. The van der Waals surface area contributed by atoms with Gasteiger partial charge < -0.3 is 4.90 Å². The quantitative estimate of drug-likeness (QED) is 0.696. The number of carbonyl (C=O) groups excluding carboxylic acids is 1. The fraction of sp³-hybridized carbons (Fsp3) is 0.440. The van der Waals surface area contributed by atoms with Gasteiger partial charge in [0.05, 0.1) is 18.3 Å². The van der Waals surface area contributed by atoms with Crippen LogP contribution >= 0.6 is 11.6 Å². The molecule has 0 saturated carbocycles. The Morgan fingerprint density at radius 1 is 1.13 bits per heavy atom. The third-order valence-electron chi connectivity index (χ3n) is 6.51. The lowest BCUT2D eigenvalue weighted by atomic mass is 9.97. The molecule has 1 atom stereocenters. The molecule has 5 nitrogen and oxygen atoms in total. The lowest BCUT2D eigenvalue weighted by Gasteiger charge is -2.35. The first-order valence-corrected chi connectivity index (χ1v) is 11.4. The van der Waals surface area contributed by atoms with E-state index in [4.69, 9.17) is 16.7 Å². The van der Waals surface area contributed by atoms with Crippen LogP contribution in [0.1, 0.15) is 42.0 Å². The van der Waals surface area contributed by atoms with Crippen LogP contribution in [0.5, 0.6) is 0 Å². The Labute approximate surface area is 190 Å². The maximum Gasteiger partial charge on any atom is 0.257 e. The molecule has 1 fully saturated rings. The molecule has 4 rings (SSSR count). The normalized spacial score (nSPS) is 20.4. The van der Waals surface area contributed by atoms with Crippen LogP contribution < -0.4 is 0 Å². The molecule has 164 valence electrons. The first kappa shape index (κ1) is 22.0. The fourth-order valence-corrected chi connectivity index (χ4v) is 4.74. The van der Waals surface area contributed by atoms with Gasteiger partial charge in [-0.2, -0.15) is 5.10 Å². The molecule has 6 heteroatoms.